The van der Waals surface area contributed by atoms with Gasteiger partial charge in [0.1, 0.15) is 11.4 Å². The van der Waals surface area contributed by atoms with Gasteiger partial charge in [-0.25, -0.2) is 19.0 Å². The number of benzene rings is 1. The molecule has 0 atom stereocenters. The van der Waals surface area contributed by atoms with Gasteiger partial charge < -0.3 is 14.2 Å². The van der Waals surface area contributed by atoms with E-state index in [4.69, 9.17) is 19.0 Å². The van der Waals surface area contributed by atoms with Crippen LogP contribution in [0.15, 0.2) is 36.1 Å². The van der Waals surface area contributed by atoms with Crippen molar-refractivity contribution in [3.63, 3.8) is 0 Å². The highest BCUT2D eigenvalue weighted by Gasteiger charge is 2.38. The maximum absolute atomic E-state index is 13.1. The van der Waals surface area contributed by atoms with Crippen molar-refractivity contribution in [3.8, 4) is 0 Å². The van der Waals surface area contributed by atoms with Crippen LogP contribution in [0.25, 0.3) is 0 Å². The number of carbonyl (C=O) groups is 3. The average Bonchev–Trinajstić information content (AvgIpc) is 2.83. The Morgan fingerprint density at radius 2 is 1.79 bits per heavy atom. The van der Waals surface area contributed by atoms with Gasteiger partial charge in [0.05, 0.1) is 12.6 Å². The van der Waals surface area contributed by atoms with E-state index in [0.717, 1.165) is 11.1 Å². The first-order valence-electron chi connectivity index (χ1n) is 8.89. The maximum Gasteiger partial charge on any atom is 0.377 e. The summed E-state index contributed by atoms with van der Waals surface area (Å²) in [5, 5.41) is 0.853. The molecular formula is C20H24FNO7. The zero-order chi connectivity index (χ0) is 21.8. The van der Waals surface area contributed by atoms with E-state index in [1.54, 1.807) is 20.8 Å². The number of nitrogens with zero attached hydrogens (tertiary/aromatic N) is 1. The lowest BCUT2D eigenvalue weighted by atomic mass is 10.2. The lowest BCUT2D eigenvalue weighted by Gasteiger charge is -2.23. The monoisotopic (exact) mass is 409 g/mol. The number of rotatable bonds is 6. The predicted molar refractivity (Wildman–Crippen MR) is 98.1 cm³/mol. The van der Waals surface area contributed by atoms with Crippen LogP contribution in [0.3, 0.4) is 0 Å². The van der Waals surface area contributed by atoms with Crippen molar-refractivity contribution < 1.29 is 37.8 Å². The van der Waals surface area contributed by atoms with Gasteiger partial charge in [0.25, 0.3) is 5.91 Å². The van der Waals surface area contributed by atoms with Gasteiger partial charge in [-0.2, -0.15) is 0 Å². The Labute approximate surface area is 168 Å². The van der Waals surface area contributed by atoms with Gasteiger partial charge in [-0.3, -0.25) is 9.63 Å². The summed E-state index contributed by atoms with van der Waals surface area (Å²) >= 11 is 0. The second-order valence-corrected chi connectivity index (χ2v) is 7.76. The molecule has 1 amide bonds. The highest BCUT2D eigenvalue weighted by Crippen LogP contribution is 2.26. The SMILES string of the molecule is CC(C)(C)OC(=O)CON(Cc1ccc(F)cc1)C(=O)/C=C1\OC(C)(C)OC1=O. The number of amides is 1. The molecule has 0 aliphatic carbocycles. The molecular weight excluding hydrogens is 385 g/mol. The number of halogens is 1. The van der Waals surface area contributed by atoms with Crippen LogP contribution in [0.5, 0.6) is 0 Å². The number of cyclic esters (lactones) is 1. The Hall–Kier alpha value is -2.94. The molecule has 0 saturated carbocycles. The van der Waals surface area contributed by atoms with E-state index in [1.165, 1.54) is 38.1 Å². The van der Waals surface area contributed by atoms with E-state index in [1.807, 2.05) is 0 Å². The first-order chi connectivity index (χ1) is 13.3. The van der Waals surface area contributed by atoms with Crippen LogP contribution in [0.2, 0.25) is 0 Å². The van der Waals surface area contributed by atoms with Crippen LogP contribution in [0.4, 0.5) is 4.39 Å². The van der Waals surface area contributed by atoms with Crippen molar-refractivity contribution >= 4 is 17.8 Å². The van der Waals surface area contributed by atoms with Crippen LogP contribution >= 0.6 is 0 Å². The lowest BCUT2D eigenvalue weighted by molar-refractivity contribution is -0.198. The minimum Gasteiger partial charge on any atom is -0.458 e. The normalized spacial score (nSPS) is 16.9. The van der Waals surface area contributed by atoms with Gasteiger partial charge in [-0.1, -0.05) is 12.1 Å². The van der Waals surface area contributed by atoms with Crippen LogP contribution in [0.1, 0.15) is 40.2 Å². The van der Waals surface area contributed by atoms with Crippen molar-refractivity contribution in [1.82, 2.24) is 5.06 Å². The molecule has 0 unspecified atom stereocenters. The van der Waals surface area contributed by atoms with E-state index in [0.29, 0.717) is 5.56 Å². The van der Waals surface area contributed by atoms with E-state index >= 15 is 0 Å². The highest BCUT2D eigenvalue weighted by molar-refractivity contribution is 5.97. The summed E-state index contributed by atoms with van der Waals surface area (Å²) in [5.74, 6) is -4.15. The Bertz CT molecular complexity index is 809. The third kappa shape index (κ3) is 7.19. The number of esters is 2. The Morgan fingerprint density at radius 1 is 1.17 bits per heavy atom. The van der Waals surface area contributed by atoms with Gasteiger partial charge >= 0.3 is 11.9 Å². The van der Waals surface area contributed by atoms with E-state index in [2.05, 4.69) is 0 Å². The third-order valence-electron chi connectivity index (χ3n) is 3.39. The molecule has 1 heterocycles. The van der Waals surface area contributed by atoms with Gasteiger partial charge in [-0.05, 0) is 38.5 Å². The van der Waals surface area contributed by atoms with Gasteiger partial charge in [-0.15, -0.1) is 0 Å². The van der Waals surface area contributed by atoms with Crippen molar-refractivity contribution in [2.45, 2.75) is 52.6 Å². The van der Waals surface area contributed by atoms with Gasteiger partial charge in [0.2, 0.25) is 11.5 Å². The second-order valence-electron chi connectivity index (χ2n) is 7.76. The number of hydrogen-bond acceptors (Lipinski definition) is 7. The van der Waals surface area contributed by atoms with Crippen molar-refractivity contribution in [2.24, 2.45) is 0 Å². The largest absolute Gasteiger partial charge is 0.458 e. The molecule has 0 N–H and O–H groups in total. The number of hydrogen-bond donors (Lipinski definition) is 0. The van der Waals surface area contributed by atoms with Crippen molar-refractivity contribution in [2.75, 3.05) is 6.61 Å². The fourth-order valence-electron chi connectivity index (χ4n) is 2.32. The number of ether oxygens (including phenoxy) is 3. The average molecular weight is 409 g/mol. The van der Waals surface area contributed by atoms with Crippen molar-refractivity contribution in [1.29, 1.82) is 0 Å². The summed E-state index contributed by atoms with van der Waals surface area (Å²) in [5.41, 5.74) is -0.182. The molecule has 0 bridgehead atoms. The van der Waals surface area contributed by atoms with Crippen LogP contribution in [0, 0.1) is 5.82 Å². The van der Waals surface area contributed by atoms with Crippen LogP contribution in [-0.4, -0.2) is 40.9 Å². The molecule has 8 nitrogen and oxygen atoms in total. The minimum absolute atomic E-state index is 0.107. The summed E-state index contributed by atoms with van der Waals surface area (Å²) in [6.45, 7) is 7.48. The summed E-state index contributed by atoms with van der Waals surface area (Å²) in [7, 11) is 0. The Kier molecular flexibility index (Phi) is 6.63. The fraction of sp³-hybridized carbons (Fsp3) is 0.450. The fourth-order valence-corrected chi connectivity index (χ4v) is 2.32. The molecule has 1 aliphatic rings. The quantitative estimate of drug-likeness (QED) is 0.405. The number of hydroxylamine groups is 2. The van der Waals surface area contributed by atoms with Gasteiger partial charge in [0, 0.05) is 13.8 Å². The molecule has 1 saturated heterocycles. The smallest absolute Gasteiger partial charge is 0.377 e. The molecule has 1 aromatic carbocycles. The van der Waals surface area contributed by atoms with Crippen LogP contribution in [-0.2, 0) is 40.0 Å². The first-order valence-corrected chi connectivity index (χ1v) is 8.89. The van der Waals surface area contributed by atoms with Gasteiger partial charge in [0.15, 0.2) is 6.61 Å². The van der Waals surface area contributed by atoms with E-state index in [-0.39, 0.29) is 12.3 Å². The maximum atomic E-state index is 13.1. The molecule has 1 aromatic rings. The van der Waals surface area contributed by atoms with E-state index < -0.39 is 41.7 Å². The summed E-state index contributed by atoms with van der Waals surface area (Å²) in [6.07, 6.45) is 0.912. The molecule has 0 radical (unpaired) electrons. The second kappa shape index (κ2) is 8.60. The van der Waals surface area contributed by atoms with Crippen molar-refractivity contribution in [3.05, 3.63) is 47.5 Å². The lowest BCUT2D eigenvalue weighted by Crippen LogP contribution is -2.34. The molecule has 0 aromatic heterocycles. The molecule has 158 valence electrons. The summed E-state index contributed by atoms with van der Waals surface area (Å²) in [4.78, 5) is 41.7. The Morgan fingerprint density at radius 3 is 2.31 bits per heavy atom. The van der Waals surface area contributed by atoms with E-state index in [9.17, 15) is 18.8 Å². The zero-order valence-corrected chi connectivity index (χ0v) is 17.0. The van der Waals surface area contributed by atoms with Crippen LogP contribution < -0.4 is 0 Å². The topological polar surface area (TPSA) is 91.4 Å². The summed E-state index contributed by atoms with van der Waals surface area (Å²) < 4.78 is 28.5. The minimum atomic E-state index is -1.19. The summed E-state index contributed by atoms with van der Waals surface area (Å²) in [6, 6.07) is 5.38. The molecule has 2 rings (SSSR count). The standard InChI is InChI=1S/C20H24FNO7/c1-19(2,3)28-17(24)12-26-22(11-13-6-8-14(21)9-7-13)16(23)10-15-18(25)29-20(4,5)27-15/h6-10H,11-12H2,1-5H3/b15-10-. The predicted octanol–water partition coefficient (Wildman–Crippen LogP) is 2.62. The zero-order valence-electron chi connectivity index (χ0n) is 17.0. The first kappa shape index (κ1) is 22.4. The molecule has 1 fully saturated rings. The Balaban J connectivity index is 2.14. The molecule has 9 heteroatoms. The molecule has 1 aliphatic heterocycles. The molecule has 29 heavy (non-hydrogen) atoms. The number of carbonyl (C=O) groups excluding carboxylic acids is 3. The molecule has 0 spiro atoms. The third-order valence-corrected chi connectivity index (χ3v) is 3.39. The highest BCUT2D eigenvalue weighted by atomic mass is 19.1.